The van der Waals surface area contributed by atoms with Crippen LogP contribution in [0.15, 0.2) is 0 Å². The van der Waals surface area contributed by atoms with E-state index in [-0.39, 0.29) is 5.91 Å². The van der Waals surface area contributed by atoms with Crippen LogP contribution in [0.25, 0.3) is 0 Å². The van der Waals surface area contributed by atoms with E-state index in [9.17, 15) is 4.79 Å². The number of piperazine rings is 1. The Morgan fingerprint density at radius 3 is 2.86 bits per heavy atom. The van der Waals surface area contributed by atoms with Crippen molar-refractivity contribution in [2.75, 3.05) is 33.7 Å². The fourth-order valence-electron chi connectivity index (χ4n) is 1.75. The lowest BCUT2D eigenvalue weighted by Crippen LogP contribution is -2.56. The van der Waals surface area contributed by atoms with Crippen LogP contribution < -0.4 is 5.32 Å². The van der Waals surface area contributed by atoms with Gasteiger partial charge in [-0.3, -0.25) is 9.69 Å². The van der Waals surface area contributed by atoms with Crippen molar-refractivity contribution >= 4 is 5.91 Å². The van der Waals surface area contributed by atoms with Gasteiger partial charge in [0, 0.05) is 32.2 Å². The molecule has 0 aromatic heterocycles. The molecule has 0 aromatic rings. The van der Waals surface area contributed by atoms with Gasteiger partial charge in [-0.05, 0) is 20.9 Å². The summed E-state index contributed by atoms with van der Waals surface area (Å²) in [4.78, 5) is 15.5. The third-order valence-electron chi connectivity index (χ3n) is 2.93. The van der Waals surface area contributed by atoms with Gasteiger partial charge in [0.25, 0.3) is 0 Å². The number of nitrogens with one attached hydrogen (secondary N) is 1. The highest BCUT2D eigenvalue weighted by molar-refractivity contribution is 5.78. The Labute approximate surface area is 86.2 Å². The van der Waals surface area contributed by atoms with Gasteiger partial charge < -0.3 is 10.2 Å². The van der Waals surface area contributed by atoms with E-state index in [0.29, 0.717) is 18.6 Å². The van der Waals surface area contributed by atoms with Crippen molar-refractivity contribution in [3.63, 3.8) is 0 Å². The zero-order valence-corrected chi connectivity index (χ0v) is 9.58. The summed E-state index contributed by atoms with van der Waals surface area (Å²) in [5.74, 6) is 0.228. The summed E-state index contributed by atoms with van der Waals surface area (Å²) in [7, 11) is 3.82. The maximum absolute atomic E-state index is 11.5. The van der Waals surface area contributed by atoms with Gasteiger partial charge in [-0.25, -0.2) is 0 Å². The molecule has 0 aliphatic carbocycles. The number of carbonyl (C=O) groups excluding carboxylic acids is 1. The lowest BCUT2D eigenvalue weighted by atomic mass is 10.1. The predicted octanol–water partition coefficient (Wildman–Crippen LogP) is -0.243. The summed E-state index contributed by atoms with van der Waals surface area (Å²) < 4.78 is 0. The second kappa shape index (κ2) is 4.75. The Kier molecular flexibility index (Phi) is 3.89. The highest BCUT2D eigenvalue weighted by atomic mass is 16.2. The standard InChI is InChI=1S/C10H21N3O/c1-8(11-3)5-13-7-10(14)12(4)6-9(13)2/h8-9,11H,5-7H2,1-4H3. The van der Waals surface area contributed by atoms with E-state index in [1.807, 2.05) is 19.0 Å². The summed E-state index contributed by atoms with van der Waals surface area (Å²) in [6, 6.07) is 0.905. The molecule has 1 aliphatic heterocycles. The Morgan fingerprint density at radius 1 is 1.64 bits per heavy atom. The third-order valence-corrected chi connectivity index (χ3v) is 2.93. The van der Waals surface area contributed by atoms with Crippen molar-refractivity contribution in [2.24, 2.45) is 0 Å². The van der Waals surface area contributed by atoms with Crippen molar-refractivity contribution in [3.8, 4) is 0 Å². The average molecular weight is 199 g/mol. The smallest absolute Gasteiger partial charge is 0.236 e. The minimum absolute atomic E-state index is 0.228. The van der Waals surface area contributed by atoms with Gasteiger partial charge in [0.2, 0.25) is 5.91 Å². The molecular formula is C10H21N3O. The zero-order chi connectivity index (χ0) is 10.7. The normalized spacial score (nSPS) is 26.7. The van der Waals surface area contributed by atoms with E-state index in [1.165, 1.54) is 0 Å². The van der Waals surface area contributed by atoms with E-state index in [0.717, 1.165) is 13.1 Å². The highest BCUT2D eigenvalue weighted by Gasteiger charge is 2.27. The monoisotopic (exact) mass is 199 g/mol. The van der Waals surface area contributed by atoms with Gasteiger partial charge in [-0.2, -0.15) is 0 Å². The van der Waals surface area contributed by atoms with Crippen LogP contribution in [0.2, 0.25) is 0 Å². The molecule has 14 heavy (non-hydrogen) atoms. The summed E-state index contributed by atoms with van der Waals surface area (Å²) >= 11 is 0. The minimum Gasteiger partial charge on any atom is -0.343 e. The first kappa shape index (κ1) is 11.5. The Balaban J connectivity index is 2.49. The van der Waals surface area contributed by atoms with Gasteiger partial charge in [0.15, 0.2) is 0 Å². The Bertz CT molecular complexity index is 208. The first-order valence-corrected chi connectivity index (χ1v) is 5.20. The predicted molar refractivity (Wildman–Crippen MR) is 57.2 cm³/mol. The molecule has 1 aliphatic rings. The maximum Gasteiger partial charge on any atom is 0.236 e. The van der Waals surface area contributed by atoms with Crippen LogP contribution in [0.4, 0.5) is 0 Å². The molecular weight excluding hydrogens is 178 g/mol. The Hall–Kier alpha value is -0.610. The Morgan fingerprint density at radius 2 is 2.29 bits per heavy atom. The van der Waals surface area contributed by atoms with Gasteiger partial charge in [-0.1, -0.05) is 0 Å². The molecule has 1 N–H and O–H groups in total. The first-order chi connectivity index (χ1) is 6.54. The lowest BCUT2D eigenvalue weighted by molar-refractivity contribution is -0.136. The third kappa shape index (κ3) is 2.69. The second-order valence-corrected chi connectivity index (χ2v) is 4.24. The van der Waals surface area contributed by atoms with Crippen molar-refractivity contribution in [2.45, 2.75) is 25.9 Å². The highest BCUT2D eigenvalue weighted by Crippen LogP contribution is 2.09. The average Bonchev–Trinajstić information content (AvgIpc) is 2.14. The van der Waals surface area contributed by atoms with Crippen LogP contribution in [-0.4, -0.2) is 61.5 Å². The summed E-state index contributed by atoms with van der Waals surface area (Å²) in [5, 5.41) is 3.19. The SMILES string of the molecule is CNC(C)CN1CC(=O)N(C)CC1C. The fourth-order valence-corrected chi connectivity index (χ4v) is 1.75. The van der Waals surface area contributed by atoms with Gasteiger partial charge in [-0.15, -0.1) is 0 Å². The van der Waals surface area contributed by atoms with Gasteiger partial charge >= 0.3 is 0 Å². The molecule has 4 heteroatoms. The molecule has 1 amide bonds. The number of hydrogen-bond donors (Lipinski definition) is 1. The van der Waals surface area contributed by atoms with Crippen LogP contribution in [0.1, 0.15) is 13.8 Å². The first-order valence-electron chi connectivity index (χ1n) is 5.20. The van der Waals surface area contributed by atoms with Crippen LogP contribution in [0, 0.1) is 0 Å². The number of nitrogens with zero attached hydrogens (tertiary/aromatic N) is 2. The van der Waals surface area contributed by atoms with E-state index in [1.54, 1.807) is 0 Å². The van der Waals surface area contributed by atoms with Gasteiger partial charge in [0.1, 0.15) is 0 Å². The lowest BCUT2D eigenvalue weighted by Gasteiger charge is -2.38. The quantitative estimate of drug-likeness (QED) is 0.681. The molecule has 0 aromatic carbocycles. The second-order valence-electron chi connectivity index (χ2n) is 4.24. The number of amides is 1. The van der Waals surface area contributed by atoms with Crippen LogP contribution in [-0.2, 0) is 4.79 Å². The summed E-state index contributed by atoms with van der Waals surface area (Å²) in [6.07, 6.45) is 0. The number of carbonyl (C=O) groups is 1. The fraction of sp³-hybridized carbons (Fsp3) is 0.900. The molecule has 82 valence electrons. The zero-order valence-electron chi connectivity index (χ0n) is 9.58. The molecule has 1 fully saturated rings. The largest absolute Gasteiger partial charge is 0.343 e. The summed E-state index contributed by atoms with van der Waals surface area (Å²) in [5.41, 5.74) is 0. The maximum atomic E-state index is 11.5. The summed E-state index contributed by atoms with van der Waals surface area (Å²) in [6.45, 7) is 6.65. The molecule has 1 rings (SSSR count). The van der Waals surface area contributed by atoms with Crippen molar-refractivity contribution in [1.29, 1.82) is 0 Å². The molecule has 0 bridgehead atoms. The molecule has 0 saturated carbocycles. The minimum atomic E-state index is 0.228. The number of hydrogen-bond acceptors (Lipinski definition) is 3. The van der Waals surface area contributed by atoms with Crippen molar-refractivity contribution < 1.29 is 4.79 Å². The molecule has 0 spiro atoms. The van der Waals surface area contributed by atoms with E-state index in [2.05, 4.69) is 24.1 Å². The van der Waals surface area contributed by atoms with E-state index >= 15 is 0 Å². The van der Waals surface area contributed by atoms with Crippen molar-refractivity contribution in [3.05, 3.63) is 0 Å². The van der Waals surface area contributed by atoms with Crippen LogP contribution in [0.5, 0.6) is 0 Å². The molecule has 1 saturated heterocycles. The van der Waals surface area contributed by atoms with Crippen molar-refractivity contribution in [1.82, 2.24) is 15.1 Å². The number of likely N-dealkylation sites (N-methyl/N-ethyl adjacent to an activating group) is 2. The van der Waals surface area contributed by atoms with E-state index < -0.39 is 0 Å². The van der Waals surface area contributed by atoms with Crippen LogP contribution >= 0.6 is 0 Å². The molecule has 0 radical (unpaired) electrons. The topological polar surface area (TPSA) is 35.6 Å². The van der Waals surface area contributed by atoms with Crippen LogP contribution in [0.3, 0.4) is 0 Å². The molecule has 2 atom stereocenters. The van der Waals surface area contributed by atoms with E-state index in [4.69, 9.17) is 0 Å². The molecule has 4 nitrogen and oxygen atoms in total. The molecule has 1 heterocycles. The molecule has 2 unspecified atom stereocenters. The number of rotatable bonds is 3. The van der Waals surface area contributed by atoms with Gasteiger partial charge in [0.05, 0.1) is 6.54 Å².